The molecule has 1 aliphatic rings. The van der Waals surface area contributed by atoms with E-state index in [4.69, 9.17) is 9.47 Å². The molecule has 0 amide bonds. The van der Waals surface area contributed by atoms with Crippen molar-refractivity contribution in [3.8, 4) is 5.75 Å². The second-order valence-electron chi connectivity index (χ2n) is 5.97. The third kappa shape index (κ3) is 4.56. The number of nitrogens with zero attached hydrogens (tertiary/aromatic N) is 3. The van der Waals surface area contributed by atoms with Crippen LogP contribution in [0.5, 0.6) is 5.75 Å². The van der Waals surface area contributed by atoms with Gasteiger partial charge in [-0.1, -0.05) is 19.3 Å². The minimum atomic E-state index is -0.874. The average Bonchev–Trinajstić information content (AvgIpc) is 3.10. The highest BCUT2D eigenvalue weighted by Crippen LogP contribution is 2.27. The Morgan fingerprint density at radius 2 is 1.92 bits per heavy atom. The first-order valence-corrected chi connectivity index (χ1v) is 8.25. The molecule has 0 aliphatic heterocycles. The first-order valence-electron chi connectivity index (χ1n) is 8.25. The van der Waals surface area contributed by atoms with Gasteiger partial charge in [0.05, 0.1) is 11.0 Å². The molecular weight excluding hydrogens is 326 g/mol. The molecule has 0 saturated heterocycles. The summed E-state index contributed by atoms with van der Waals surface area (Å²) < 4.78 is 12.0. The van der Waals surface area contributed by atoms with Gasteiger partial charge in [-0.05, 0) is 31.0 Å². The molecule has 1 fully saturated rings. The molecule has 1 aliphatic carbocycles. The average molecular weight is 345 g/mol. The van der Waals surface area contributed by atoms with Crippen LogP contribution in [0.1, 0.15) is 43.8 Å². The normalized spacial score (nSPS) is 14.9. The maximum Gasteiger partial charge on any atom is 0.514 e. The molecule has 132 valence electrons. The van der Waals surface area contributed by atoms with Crippen molar-refractivity contribution in [2.24, 2.45) is 0 Å². The first kappa shape index (κ1) is 16.9. The predicted octanol–water partition coefficient (Wildman–Crippen LogP) is 4.01. The highest BCUT2D eigenvalue weighted by Gasteiger charge is 2.16. The third-order valence-electron chi connectivity index (χ3n) is 4.20. The lowest BCUT2D eigenvalue weighted by Crippen LogP contribution is -2.14. The second-order valence-corrected chi connectivity index (χ2v) is 5.97. The van der Waals surface area contributed by atoms with E-state index in [0.717, 1.165) is 12.8 Å². The second kappa shape index (κ2) is 7.78. The molecule has 1 aromatic heterocycles. The summed E-state index contributed by atoms with van der Waals surface area (Å²) in [6.45, 7) is 0.0194. The van der Waals surface area contributed by atoms with E-state index >= 15 is 0 Å². The van der Waals surface area contributed by atoms with E-state index in [1.807, 2.05) is 16.9 Å². The molecule has 0 atom stereocenters. The summed E-state index contributed by atoms with van der Waals surface area (Å²) in [6, 6.07) is 7.46. The molecule has 0 unspecified atom stereocenters. The number of non-ortho nitro benzene ring substituents is 1. The van der Waals surface area contributed by atoms with Crippen molar-refractivity contribution in [3.63, 3.8) is 0 Å². The number of carbonyl (C=O) groups excluding carboxylic acids is 1. The molecule has 1 aromatic carbocycles. The van der Waals surface area contributed by atoms with Gasteiger partial charge in [0.1, 0.15) is 18.1 Å². The van der Waals surface area contributed by atoms with Gasteiger partial charge in [0, 0.05) is 18.3 Å². The van der Waals surface area contributed by atoms with Gasteiger partial charge >= 0.3 is 6.16 Å². The SMILES string of the molecule is O=C(OCc1ccn(C2CCCCC2)n1)Oc1ccc([N+](=O)[O-])cc1. The van der Waals surface area contributed by atoms with Crippen LogP contribution >= 0.6 is 0 Å². The largest absolute Gasteiger partial charge is 0.514 e. The van der Waals surface area contributed by atoms with Crippen molar-refractivity contribution in [2.75, 3.05) is 0 Å². The van der Waals surface area contributed by atoms with Gasteiger partial charge in [0.25, 0.3) is 5.69 Å². The number of aromatic nitrogens is 2. The molecule has 0 radical (unpaired) electrons. The van der Waals surface area contributed by atoms with E-state index in [1.54, 1.807) is 0 Å². The number of hydrogen-bond donors (Lipinski definition) is 0. The summed E-state index contributed by atoms with van der Waals surface area (Å²) in [7, 11) is 0. The van der Waals surface area contributed by atoms with Crippen molar-refractivity contribution < 1.29 is 19.2 Å². The van der Waals surface area contributed by atoms with Crippen LogP contribution in [0, 0.1) is 10.1 Å². The molecule has 1 heterocycles. The number of nitro benzene ring substituents is 1. The highest BCUT2D eigenvalue weighted by molar-refractivity contribution is 5.63. The third-order valence-corrected chi connectivity index (χ3v) is 4.20. The number of rotatable bonds is 5. The van der Waals surface area contributed by atoms with Gasteiger partial charge in [-0.3, -0.25) is 14.8 Å². The van der Waals surface area contributed by atoms with Crippen LogP contribution < -0.4 is 4.74 Å². The Morgan fingerprint density at radius 3 is 2.60 bits per heavy atom. The zero-order chi connectivity index (χ0) is 17.6. The molecular formula is C17H19N3O5. The van der Waals surface area contributed by atoms with E-state index in [9.17, 15) is 14.9 Å². The quantitative estimate of drug-likeness (QED) is 0.351. The molecule has 0 spiro atoms. The molecule has 8 heteroatoms. The Bertz CT molecular complexity index is 735. The van der Waals surface area contributed by atoms with Gasteiger partial charge in [0.2, 0.25) is 0 Å². The first-order chi connectivity index (χ1) is 12.1. The van der Waals surface area contributed by atoms with Gasteiger partial charge in [-0.25, -0.2) is 4.79 Å². The van der Waals surface area contributed by atoms with Crippen LogP contribution in [0.3, 0.4) is 0 Å². The maximum absolute atomic E-state index is 11.7. The lowest BCUT2D eigenvalue weighted by atomic mass is 9.96. The fourth-order valence-electron chi connectivity index (χ4n) is 2.90. The van der Waals surface area contributed by atoms with Gasteiger partial charge in [-0.15, -0.1) is 0 Å². The van der Waals surface area contributed by atoms with Crippen LogP contribution in [-0.2, 0) is 11.3 Å². The number of hydrogen-bond acceptors (Lipinski definition) is 6. The predicted molar refractivity (Wildman–Crippen MR) is 88.3 cm³/mol. The molecule has 0 bridgehead atoms. The number of carbonyl (C=O) groups is 1. The van der Waals surface area contributed by atoms with Crippen molar-refractivity contribution in [1.82, 2.24) is 9.78 Å². The van der Waals surface area contributed by atoms with Crippen LogP contribution in [-0.4, -0.2) is 20.9 Å². The van der Waals surface area contributed by atoms with Gasteiger partial charge < -0.3 is 9.47 Å². The smallest absolute Gasteiger partial charge is 0.427 e. The van der Waals surface area contributed by atoms with Crippen LogP contribution in [0.15, 0.2) is 36.5 Å². The van der Waals surface area contributed by atoms with E-state index < -0.39 is 11.1 Å². The summed E-state index contributed by atoms with van der Waals surface area (Å²) in [6.07, 6.45) is 7.02. The summed E-state index contributed by atoms with van der Waals surface area (Å²) in [5.74, 6) is 0.184. The van der Waals surface area contributed by atoms with E-state index in [1.165, 1.54) is 43.5 Å². The van der Waals surface area contributed by atoms with Gasteiger partial charge in [-0.2, -0.15) is 5.10 Å². The molecule has 3 rings (SSSR count). The van der Waals surface area contributed by atoms with Crippen molar-refractivity contribution in [1.29, 1.82) is 0 Å². The Morgan fingerprint density at radius 1 is 1.20 bits per heavy atom. The minimum absolute atomic E-state index is 0.0194. The highest BCUT2D eigenvalue weighted by atomic mass is 16.7. The number of nitro groups is 1. The Kier molecular flexibility index (Phi) is 5.27. The van der Waals surface area contributed by atoms with Crippen LogP contribution in [0.25, 0.3) is 0 Å². The summed E-state index contributed by atoms with van der Waals surface area (Å²) in [4.78, 5) is 21.8. The zero-order valence-electron chi connectivity index (χ0n) is 13.7. The topological polar surface area (TPSA) is 96.5 Å². The maximum atomic E-state index is 11.7. The fourth-order valence-corrected chi connectivity index (χ4v) is 2.90. The molecule has 25 heavy (non-hydrogen) atoms. The Labute approximate surface area is 144 Å². The monoisotopic (exact) mass is 345 g/mol. The van der Waals surface area contributed by atoms with Crippen molar-refractivity contribution in [3.05, 3.63) is 52.3 Å². The van der Waals surface area contributed by atoms with E-state index in [2.05, 4.69) is 5.10 Å². The van der Waals surface area contributed by atoms with E-state index in [0.29, 0.717) is 11.7 Å². The van der Waals surface area contributed by atoms with Crippen molar-refractivity contribution in [2.45, 2.75) is 44.8 Å². The standard InChI is InChI=1S/C17H19N3O5/c21-17(25-16-8-6-15(7-9-16)20(22)23)24-12-13-10-11-19(18-13)14-4-2-1-3-5-14/h6-11,14H,1-5,12H2. The minimum Gasteiger partial charge on any atom is -0.427 e. The Balaban J connectivity index is 1.48. The lowest BCUT2D eigenvalue weighted by molar-refractivity contribution is -0.384. The van der Waals surface area contributed by atoms with Gasteiger partial charge in [0.15, 0.2) is 0 Å². The number of benzene rings is 1. The summed E-state index contributed by atoms with van der Waals surface area (Å²) >= 11 is 0. The summed E-state index contributed by atoms with van der Waals surface area (Å²) in [5, 5.41) is 15.0. The molecule has 0 N–H and O–H groups in total. The zero-order valence-corrected chi connectivity index (χ0v) is 13.7. The molecule has 8 nitrogen and oxygen atoms in total. The molecule has 1 saturated carbocycles. The fraction of sp³-hybridized carbons (Fsp3) is 0.412. The molecule has 2 aromatic rings. The van der Waals surface area contributed by atoms with Crippen LogP contribution in [0.2, 0.25) is 0 Å². The van der Waals surface area contributed by atoms with Crippen LogP contribution in [0.4, 0.5) is 10.5 Å². The number of ether oxygens (including phenoxy) is 2. The lowest BCUT2D eigenvalue weighted by Gasteiger charge is -2.21. The summed E-state index contributed by atoms with van der Waals surface area (Å²) in [5.41, 5.74) is 0.584. The Hall–Kier alpha value is -2.90. The van der Waals surface area contributed by atoms with E-state index in [-0.39, 0.29) is 18.0 Å². The van der Waals surface area contributed by atoms with Crippen molar-refractivity contribution >= 4 is 11.8 Å².